The van der Waals surface area contributed by atoms with Crippen molar-refractivity contribution >= 4 is 40.9 Å². The van der Waals surface area contributed by atoms with Crippen molar-refractivity contribution < 1.29 is 9.59 Å². The van der Waals surface area contributed by atoms with Gasteiger partial charge in [-0.25, -0.2) is 0 Å². The molecule has 164 valence electrons. The SMILES string of the molecule is Cc1ccc(C)c(N2C(=O)/C(=C/c3cc(C)n(-c4ccc(C#N)cc4)c3C)C(=O)NC2=S)c1. The van der Waals surface area contributed by atoms with Crippen LogP contribution in [0.25, 0.3) is 11.8 Å². The predicted molar refractivity (Wildman–Crippen MR) is 132 cm³/mol. The third-order valence-electron chi connectivity index (χ3n) is 5.73. The van der Waals surface area contributed by atoms with Gasteiger partial charge in [0.05, 0.1) is 17.3 Å². The fraction of sp³-hybridized carbons (Fsp3) is 0.154. The zero-order chi connectivity index (χ0) is 23.9. The van der Waals surface area contributed by atoms with E-state index < -0.39 is 11.8 Å². The Labute approximate surface area is 197 Å². The van der Waals surface area contributed by atoms with Crippen molar-refractivity contribution in [1.29, 1.82) is 5.26 Å². The Morgan fingerprint density at radius 3 is 2.36 bits per heavy atom. The Kier molecular flexibility index (Phi) is 5.71. The van der Waals surface area contributed by atoms with Crippen LogP contribution < -0.4 is 10.2 Å². The van der Waals surface area contributed by atoms with Gasteiger partial charge in [-0.3, -0.25) is 19.8 Å². The minimum Gasteiger partial charge on any atom is -0.318 e. The summed E-state index contributed by atoms with van der Waals surface area (Å²) < 4.78 is 2.02. The van der Waals surface area contributed by atoms with Crippen LogP contribution in [0.3, 0.4) is 0 Å². The molecule has 1 saturated heterocycles. The molecule has 0 atom stereocenters. The number of carbonyl (C=O) groups is 2. The number of hydrogen-bond acceptors (Lipinski definition) is 4. The molecule has 0 aliphatic carbocycles. The van der Waals surface area contributed by atoms with Gasteiger partial charge in [-0.1, -0.05) is 12.1 Å². The van der Waals surface area contributed by atoms with Gasteiger partial charge in [0.15, 0.2) is 5.11 Å². The van der Waals surface area contributed by atoms with Crippen molar-refractivity contribution in [3.63, 3.8) is 0 Å². The van der Waals surface area contributed by atoms with E-state index in [1.807, 2.05) is 68.7 Å². The molecule has 1 fully saturated rings. The maximum Gasteiger partial charge on any atom is 0.270 e. The molecule has 1 aromatic heterocycles. The number of aromatic nitrogens is 1. The molecule has 0 unspecified atom stereocenters. The molecular weight excluding hydrogens is 432 g/mol. The van der Waals surface area contributed by atoms with E-state index in [1.54, 1.807) is 18.2 Å². The van der Waals surface area contributed by atoms with Crippen molar-refractivity contribution in [1.82, 2.24) is 9.88 Å². The predicted octanol–water partition coefficient (Wildman–Crippen LogP) is 4.41. The maximum absolute atomic E-state index is 13.4. The fourth-order valence-corrected chi connectivity index (χ4v) is 4.28. The second kappa shape index (κ2) is 8.49. The number of nitriles is 1. The lowest BCUT2D eigenvalue weighted by atomic mass is 10.0. The number of anilines is 1. The van der Waals surface area contributed by atoms with Crippen LogP contribution in [0, 0.1) is 39.0 Å². The summed E-state index contributed by atoms with van der Waals surface area (Å²) in [7, 11) is 0. The summed E-state index contributed by atoms with van der Waals surface area (Å²) in [5.41, 5.74) is 6.58. The topological polar surface area (TPSA) is 78.1 Å². The van der Waals surface area contributed by atoms with Crippen molar-refractivity contribution in [2.75, 3.05) is 4.90 Å². The number of benzene rings is 2. The summed E-state index contributed by atoms with van der Waals surface area (Å²) >= 11 is 5.34. The molecule has 33 heavy (non-hydrogen) atoms. The van der Waals surface area contributed by atoms with Crippen LogP contribution in [0.1, 0.15) is 33.6 Å². The van der Waals surface area contributed by atoms with E-state index >= 15 is 0 Å². The fourth-order valence-electron chi connectivity index (χ4n) is 4.01. The number of carbonyl (C=O) groups excluding carboxylic acids is 2. The lowest BCUT2D eigenvalue weighted by molar-refractivity contribution is -0.122. The lowest BCUT2D eigenvalue weighted by Crippen LogP contribution is -2.54. The van der Waals surface area contributed by atoms with Crippen molar-refractivity contribution in [3.8, 4) is 11.8 Å². The third-order valence-corrected chi connectivity index (χ3v) is 6.02. The van der Waals surface area contributed by atoms with Crippen LogP contribution >= 0.6 is 12.2 Å². The van der Waals surface area contributed by atoms with E-state index in [-0.39, 0.29) is 10.7 Å². The van der Waals surface area contributed by atoms with Gasteiger partial charge in [-0.15, -0.1) is 0 Å². The van der Waals surface area contributed by atoms with Gasteiger partial charge in [0.25, 0.3) is 11.8 Å². The van der Waals surface area contributed by atoms with Gasteiger partial charge < -0.3 is 4.57 Å². The van der Waals surface area contributed by atoms with Crippen LogP contribution in [0.2, 0.25) is 0 Å². The first-order chi connectivity index (χ1) is 15.7. The van der Waals surface area contributed by atoms with Gasteiger partial charge in [-0.2, -0.15) is 5.26 Å². The molecule has 2 heterocycles. The smallest absolute Gasteiger partial charge is 0.270 e. The molecule has 1 N–H and O–H groups in total. The number of nitrogens with one attached hydrogen (secondary N) is 1. The van der Waals surface area contributed by atoms with Gasteiger partial charge in [-0.05, 0) is 99.1 Å². The van der Waals surface area contributed by atoms with Gasteiger partial charge in [0.2, 0.25) is 0 Å². The monoisotopic (exact) mass is 454 g/mol. The standard InChI is InChI=1S/C26H22N4O2S/c1-15-5-6-16(2)23(11-15)30-25(32)22(24(31)28-26(30)33)13-20-12-17(3)29(18(20)4)21-9-7-19(14-27)8-10-21/h5-13H,1-4H3,(H,28,31,33)/b22-13+. The summed E-state index contributed by atoms with van der Waals surface area (Å²) in [6, 6.07) is 17.1. The molecule has 1 aliphatic rings. The minimum atomic E-state index is -0.519. The van der Waals surface area contributed by atoms with Crippen LogP contribution in [0.15, 0.2) is 54.1 Å². The van der Waals surface area contributed by atoms with Crippen molar-refractivity contribution in [3.05, 3.63) is 87.7 Å². The number of amides is 2. The van der Waals surface area contributed by atoms with E-state index in [2.05, 4.69) is 11.4 Å². The Morgan fingerprint density at radius 2 is 1.70 bits per heavy atom. The van der Waals surface area contributed by atoms with Gasteiger partial charge >= 0.3 is 0 Å². The number of nitrogens with zero attached hydrogens (tertiary/aromatic N) is 3. The molecule has 7 heteroatoms. The summed E-state index contributed by atoms with van der Waals surface area (Å²) in [5.74, 6) is -0.977. The summed E-state index contributed by atoms with van der Waals surface area (Å²) in [6.07, 6.45) is 1.61. The molecule has 6 nitrogen and oxygen atoms in total. The molecule has 0 bridgehead atoms. The van der Waals surface area contributed by atoms with Crippen molar-refractivity contribution in [2.45, 2.75) is 27.7 Å². The van der Waals surface area contributed by atoms with E-state index in [0.29, 0.717) is 11.3 Å². The first-order valence-corrected chi connectivity index (χ1v) is 10.8. The highest BCUT2D eigenvalue weighted by Gasteiger charge is 2.35. The molecule has 3 aromatic rings. The summed E-state index contributed by atoms with van der Waals surface area (Å²) in [5, 5.41) is 11.8. The van der Waals surface area contributed by atoms with E-state index in [4.69, 9.17) is 17.5 Å². The molecular formula is C26H22N4O2S. The third kappa shape index (κ3) is 3.97. The van der Waals surface area contributed by atoms with Gasteiger partial charge in [0.1, 0.15) is 5.57 Å². The highest BCUT2D eigenvalue weighted by Crippen LogP contribution is 2.28. The zero-order valence-electron chi connectivity index (χ0n) is 18.8. The van der Waals surface area contributed by atoms with E-state index in [1.165, 1.54) is 4.90 Å². The first-order valence-electron chi connectivity index (χ1n) is 10.4. The lowest BCUT2D eigenvalue weighted by Gasteiger charge is -2.30. The molecule has 0 saturated carbocycles. The highest BCUT2D eigenvalue weighted by molar-refractivity contribution is 7.80. The molecule has 2 amide bonds. The molecule has 1 aliphatic heterocycles. The van der Waals surface area contributed by atoms with Crippen LogP contribution in [0.4, 0.5) is 5.69 Å². The molecule has 0 radical (unpaired) electrons. The van der Waals surface area contributed by atoms with Crippen LogP contribution in [0.5, 0.6) is 0 Å². The number of hydrogen-bond donors (Lipinski definition) is 1. The second-order valence-corrected chi connectivity index (χ2v) is 8.46. The quantitative estimate of drug-likeness (QED) is 0.361. The number of thiocarbonyl (C=S) groups is 1. The maximum atomic E-state index is 13.4. The Balaban J connectivity index is 1.77. The van der Waals surface area contributed by atoms with Crippen molar-refractivity contribution in [2.24, 2.45) is 0 Å². The number of aryl methyl sites for hydroxylation is 3. The van der Waals surface area contributed by atoms with Crippen LogP contribution in [-0.2, 0) is 9.59 Å². The minimum absolute atomic E-state index is 0.0181. The average molecular weight is 455 g/mol. The van der Waals surface area contributed by atoms with Crippen LogP contribution in [-0.4, -0.2) is 21.5 Å². The highest BCUT2D eigenvalue weighted by atomic mass is 32.1. The zero-order valence-corrected chi connectivity index (χ0v) is 19.6. The normalized spacial score (nSPS) is 15.1. The molecule has 2 aromatic carbocycles. The number of rotatable bonds is 3. The Bertz CT molecular complexity index is 1390. The largest absolute Gasteiger partial charge is 0.318 e. The Morgan fingerprint density at radius 1 is 1.00 bits per heavy atom. The van der Waals surface area contributed by atoms with E-state index in [0.717, 1.165) is 33.8 Å². The molecule has 0 spiro atoms. The van der Waals surface area contributed by atoms with E-state index in [9.17, 15) is 9.59 Å². The average Bonchev–Trinajstić information content (AvgIpc) is 3.06. The van der Waals surface area contributed by atoms with Gasteiger partial charge in [0, 0.05) is 17.1 Å². The molecule has 4 rings (SSSR count). The Hall–Kier alpha value is -4.02. The second-order valence-electron chi connectivity index (χ2n) is 8.07. The summed E-state index contributed by atoms with van der Waals surface area (Å²) in [4.78, 5) is 27.5. The summed E-state index contributed by atoms with van der Waals surface area (Å²) in [6.45, 7) is 7.72. The first kappa shape index (κ1) is 22.2.